The Morgan fingerprint density at radius 1 is 1.29 bits per heavy atom. The number of hydrogen-bond acceptors (Lipinski definition) is 3. The number of carbonyl (C=O) groups is 2. The second-order valence-electron chi connectivity index (χ2n) is 4.80. The number of likely N-dealkylation sites (tertiary alicyclic amines) is 1. The summed E-state index contributed by atoms with van der Waals surface area (Å²) in [5.74, 6) is -0.896. The predicted molar refractivity (Wildman–Crippen MR) is 78.9 cm³/mol. The summed E-state index contributed by atoms with van der Waals surface area (Å²) in [6.45, 7) is 0.224. The Labute approximate surface area is 132 Å². The minimum atomic E-state index is -0.974. The van der Waals surface area contributed by atoms with E-state index < -0.39 is 12.0 Å². The Morgan fingerprint density at radius 3 is 2.71 bits per heavy atom. The molecule has 1 aromatic carbocycles. The first-order chi connectivity index (χ1) is 9.99. The van der Waals surface area contributed by atoms with Gasteiger partial charge < -0.3 is 14.7 Å². The highest BCUT2D eigenvalue weighted by atomic mass is 35.5. The van der Waals surface area contributed by atoms with Crippen molar-refractivity contribution >= 4 is 35.1 Å². The predicted octanol–water partition coefficient (Wildman–Crippen LogP) is 2.84. The molecule has 1 unspecified atom stereocenters. The fourth-order valence-corrected chi connectivity index (χ4v) is 2.57. The second-order valence-corrected chi connectivity index (χ2v) is 5.62. The number of benzene rings is 1. The number of rotatable bonds is 4. The Hall–Kier alpha value is -1.46. The second kappa shape index (κ2) is 7.00. The molecule has 1 atom stereocenters. The normalized spacial score (nSPS) is 18.4. The molecular formula is C14H15Cl2NO4. The maximum atomic E-state index is 12.1. The standard InChI is InChI=1S/C14H15Cl2NO4/c15-10-5-4-9(7-11(10)16)21-8-13(18)17-6-2-1-3-12(17)14(19)20/h4-5,7,12H,1-3,6,8H2,(H,19,20). The van der Waals surface area contributed by atoms with E-state index in [0.717, 1.165) is 12.8 Å². The molecule has 21 heavy (non-hydrogen) atoms. The number of carboxylic acids is 1. The summed E-state index contributed by atoms with van der Waals surface area (Å²) < 4.78 is 5.36. The van der Waals surface area contributed by atoms with Gasteiger partial charge in [-0.05, 0) is 31.4 Å². The number of halogens is 2. The highest BCUT2D eigenvalue weighted by Crippen LogP contribution is 2.26. The molecule has 1 aliphatic heterocycles. The summed E-state index contributed by atoms with van der Waals surface area (Å²) in [6.07, 6.45) is 2.10. The van der Waals surface area contributed by atoms with Gasteiger partial charge in [-0.25, -0.2) is 4.79 Å². The van der Waals surface area contributed by atoms with Crippen LogP contribution in [0, 0.1) is 0 Å². The highest BCUT2D eigenvalue weighted by molar-refractivity contribution is 6.42. The summed E-state index contributed by atoms with van der Waals surface area (Å²) in [6, 6.07) is 3.93. The van der Waals surface area contributed by atoms with Crippen LogP contribution in [0.25, 0.3) is 0 Å². The number of aliphatic carboxylic acids is 1. The van der Waals surface area contributed by atoms with Crippen molar-refractivity contribution in [2.75, 3.05) is 13.2 Å². The van der Waals surface area contributed by atoms with E-state index in [-0.39, 0.29) is 12.5 Å². The van der Waals surface area contributed by atoms with Gasteiger partial charge >= 0.3 is 5.97 Å². The van der Waals surface area contributed by atoms with Crippen LogP contribution in [0.1, 0.15) is 19.3 Å². The Kier molecular flexibility index (Phi) is 5.31. The number of carbonyl (C=O) groups excluding carboxylic acids is 1. The van der Waals surface area contributed by atoms with Crippen molar-refractivity contribution in [3.05, 3.63) is 28.2 Å². The SMILES string of the molecule is O=C(O)C1CCCCN1C(=O)COc1ccc(Cl)c(Cl)c1. The third kappa shape index (κ3) is 4.02. The average molecular weight is 332 g/mol. The Balaban J connectivity index is 1.96. The third-order valence-corrected chi connectivity index (χ3v) is 4.10. The van der Waals surface area contributed by atoms with Crippen LogP contribution in [0.5, 0.6) is 5.75 Å². The van der Waals surface area contributed by atoms with Crippen LogP contribution in [0.15, 0.2) is 18.2 Å². The minimum Gasteiger partial charge on any atom is -0.484 e. The quantitative estimate of drug-likeness (QED) is 0.921. The lowest BCUT2D eigenvalue weighted by Gasteiger charge is -2.32. The van der Waals surface area contributed by atoms with Crippen LogP contribution in [-0.2, 0) is 9.59 Å². The van der Waals surface area contributed by atoms with E-state index >= 15 is 0 Å². The molecule has 7 heteroatoms. The lowest BCUT2D eigenvalue weighted by Crippen LogP contribution is -2.49. The molecule has 0 saturated carbocycles. The maximum Gasteiger partial charge on any atom is 0.326 e. The van der Waals surface area contributed by atoms with Crippen LogP contribution in [0.4, 0.5) is 0 Å². The van der Waals surface area contributed by atoms with E-state index in [9.17, 15) is 9.59 Å². The highest BCUT2D eigenvalue weighted by Gasteiger charge is 2.31. The third-order valence-electron chi connectivity index (χ3n) is 3.36. The first-order valence-electron chi connectivity index (χ1n) is 6.59. The Morgan fingerprint density at radius 2 is 2.05 bits per heavy atom. The molecule has 1 saturated heterocycles. The van der Waals surface area contributed by atoms with E-state index in [1.54, 1.807) is 12.1 Å². The van der Waals surface area contributed by atoms with Gasteiger partial charge in [0, 0.05) is 12.6 Å². The van der Waals surface area contributed by atoms with Gasteiger partial charge in [0.05, 0.1) is 10.0 Å². The molecule has 1 N–H and O–H groups in total. The molecular weight excluding hydrogens is 317 g/mol. The molecule has 114 valence electrons. The lowest BCUT2D eigenvalue weighted by atomic mass is 10.0. The zero-order valence-electron chi connectivity index (χ0n) is 11.2. The van der Waals surface area contributed by atoms with Crippen LogP contribution < -0.4 is 4.74 Å². The number of carboxylic acid groups (broad SMARTS) is 1. The summed E-state index contributed by atoms with van der Waals surface area (Å²) in [7, 11) is 0. The molecule has 0 aromatic heterocycles. The summed E-state index contributed by atoms with van der Waals surface area (Å²) in [5.41, 5.74) is 0. The van der Waals surface area contributed by atoms with E-state index in [0.29, 0.717) is 28.8 Å². The lowest BCUT2D eigenvalue weighted by molar-refractivity contribution is -0.152. The van der Waals surface area contributed by atoms with Crippen molar-refractivity contribution in [3.63, 3.8) is 0 Å². The molecule has 0 aliphatic carbocycles. The van der Waals surface area contributed by atoms with Crippen molar-refractivity contribution in [1.29, 1.82) is 0 Å². The molecule has 1 amide bonds. The fourth-order valence-electron chi connectivity index (χ4n) is 2.28. The van der Waals surface area contributed by atoms with E-state index in [2.05, 4.69) is 0 Å². The topological polar surface area (TPSA) is 66.8 Å². The molecule has 0 bridgehead atoms. The molecule has 5 nitrogen and oxygen atoms in total. The minimum absolute atomic E-state index is 0.220. The molecule has 1 fully saturated rings. The van der Waals surface area contributed by atoms with Crippen molar-refractivity contribution in [1.82, 2.24) is 4.90 Å². The molecule has 1 heterocycles. The monoisotopic (exact) mass is 331 g/mol. The smallest absolute Gasteiger partial charge is 0.326 e. The number of hydrogen-bond donors (Lipinski definition) is 1. The van der Waals surface area contributed by atoms with Crippen LogP contribution in [0.3, 0.4) is 0 Å². The summed E-state index contributed by atoms with van der Waals surface area (Å²) in [5, 5.41) is 9.88. The van der Waals surface area contributed by atoms with Gasteiger partial charge in [0.25, 0.3) is 5.91 Å². The summed E-state index contributed by atoms with van der Waals surface area (Å²) >= 11 is 11.6. The number of nitrogens with zero attached hydrogens (tertiary/aromatic N) is 1. The van der Waals surface area contributed by atoms with Gasteiger partial charge in [-0.2, -0.15) is 0 Å². The molecule has 1 aliphatic rings. The van der Waals surface area contributed by atoms with Gasteiger partial charge in [0.15, 0.2) is 6.61 Å². The zero-order chi connectivity index (χ0) is 15.4. The largest absolute Gasteiger partial charge is 0.484 e. The maximum absolute atomic E-state index is 12.1. The van der Waals surface area contributed by atoms with Crippen LogP contribution >= 0.6 is 23.2 Å². The average Bonchev–Trinajstić information content (AvgIpc) is 2.48. The first-order valence-corrected chi connectivity index (χ1v) is 7.35. The van der Waals surface area contributed by atoms with Crippen molar-refractivity contribution in [2.24, 2.45) is 0 Å². The molecule has 0 radical (unpaired) electrons. The number of amides is 1. The summed E-state index contributed by atoms with van der Waals surface area (Å²) in [4.78, 5) is 24.6. The van der Waals surface area contributed by atoms with Gasteiger partial charge in [0.2, 0.25) is 0 Å². The van der Waals surface area contributed by atoms with Crippen molar-refractivity contribution in [2.45, 2.75) is 25.3 Å². The van der Waals surface area contributed by atoms with Crippen molar-refractivity contribution in [3.8, 4) is 5.75 Å². The first kappa shape index (κ1) is 15.9. The van der Waals surface area contributed by atoms with E-state index in [1.807, 2.05) is 0 Å². The van der Waals surface area contributed by atoms with Gasteiger partial charge in [0.1, 0.15) is 11.8 Å². The Bertz CT molecular complexity index is 550. The number of ether oxygens (including phenoxy) is 1. The zero-order valence-corrected chi connectivity index (χ0v) is 12.7. The number of piperidine rings is 1. The van der Waals surface area contributed by atoms with Crippen LogP contribution in [-0.4, -0.2) is 41.1 Å². The van der Waals surface area contributed by atoms with Crippen molar-refractivity contribution < 1.29 is 19.4 Å². The van der Waals surface area contributed by atoms with Gasteiger partial charge in [-0.3, -0.25) is 4.79 Å². The van der Waals surface area contributed by atoms with Gasteiger partial charge in [-0.1, -0.05) is 23.2 Å². The van der Waals surface area contributed by atoms with E-state index in [1.165, 1.54) is 11.0 Å². The molecule has 2 rings (SSSR count). The fraction of sp³-hybridized carbons (Fsp3) is 0.429. The van der Waals surface area contributed by atoms with E-state index in [4.69, 9.17) is 33.0 Å². The van der Waals surface area contributed by atoms with Gasteiger partial charge in [-0.15, -0.1) is 0 Å². The molecule has 1 aromatic rings. The molecule has 0 spiro atoms. The van der Waals surface area contributed by atoms with Crippen LogP contribution in [0.2, 0.25) is 10.0 Å².